The minimum absolute atomic E-state index is 0.495. The zero-order valence-corrected chi connectivity index (χ0v) is 12.8. The molecule has 1 aromatic rings. The normalized spacial score (nSPS) is 25.3. The van der Waals surface area contributed by atoms with Gasteiger partial charge >= 0.3 is 0 Å². The molecule has 2 aliphatic rings. The average molecular weight is 292 g/mol. The summed E-state index contributed by atoms with van der Waals surface area (Å²) in [6.07, 6.45) is 2.38. The molecular weight excluding hydrogens is 268 g/mol. The maximum atomic E-state index is 5.39. The highest BCUT2D eigenvalue weighted by Crippen LogP contribution is 2.29. The van der Waals surface area contributed by atoms with E-state index in [4.69, 9.17) is 4.74 Å². The highest BCUT2D eigenvalue weighted by molar-refractivity contribution is 5.44. The van der Waals surface area contributed by atoms with Gasteiger partial charge in [-0.05, 0) is 25.7 Å². The Kier molecular flexibility index (Phi) is 4.38. The van der Waals surface area contributed by atoms with Crippen LogP contribution in [-0.2, 0) is 4.74 Å². The fourth-order valence-corrected chi connectivity index (χ4v) is 2.77. The van der Waals surface area contributed by atoms with Crippen molar-refractivity contribution < 1.29 is 4.74 Å². The molecule has 0 unspecified atom stereocenters. The first-order valence-corrected chi connectivity index (χ1v) is 7.83. The summed E-state index contributed by atoms with van der Waals surface area (Å²) in [5, 5.41) is 6.61. The SMILES string of the molecule is CCNc1nc(NC2CC(C)C2)nc(N2CCOCC2)n1. The highest BCUT2D eigenvalue weighted by Gasteiger charge is 2.26. The lowest BCUT2D eigenvalue weighted by Gasteiger charge is -2.33. The van der Waals surface area contributed by atoms with Gasteiger partial charge in [-0.15, -0.1) is 0 Å². The zero-order chi connectivity index (χ0) is 14.7. The van der Waals surface area contributed by atoms with E-state index in [2.05, 4.69) is 37.4 Å². The van der Waals surface area contributed by atoms with Crippen LogP contribution in [0.15, 0.2) is 0 Å². The van der Waals surface area contributed by atoms with Gasteiger partial charge in [0.15, 0.2) is 0 Å². The van der Waals surface area contributed by atoms with Crippen LogP contribution in [0, 0.1) is 5.92 Å². The topological polar surface area (TPSA) is 75.2 Å². The number of rotatable bonds is 5. The second-order valence-corrected chi connectivity index (χ2v) is 5.83. The van der Waals surface area contributed by atoms with Crippen LogP contribution in [0.5, 0.6) is 0 Å². The van der Waals surface area contributed by atoms with Gasteiger partial charge < -0.3 is 20.3 Å². The Morgan fingerprint density at radius 3 is 2.52 bits per heavy atom. The Balaban J connectivity index is 1.75. The number of hydrogen-bond acceptors (Lipinski definition) is 7. The van der Waals surface area contributed by atoms with Crippen molar-refractivity contribution in [1.82, 2.24) is 15.0 Å². The van der Waals surface area contributed by atoms with Crippen LogP contribution in [0.4, 0.5) is 17.8 Å². The maximum absolute atomic E-state index is 5.39. The quantitative estimate of drug-likeness (QED) is 0.848. The third-order valence-electron chi connectivity index (χ3n) is 3.96. The average Bonchev–Trinajstić information content (AvgIpc) is 2.47. The fraction of sp³-hybridized carbons (Fsp3) is 0.786. The monoisotopic (exact) mass is 292 g/mol. The van der Waals surface area contributed by atoms with E-state index in [9.17, 15) is 0 Å². The van der Waals surface area contributed by atoms with Crippen LogP contribution in [0.1, 0.15) is 26.7 Å². The van der Waals surface area contributed by atoms with E-state index >= 15 is 0 Å². The molecule has 2 fully saturated rings. The van der Waals surface area contributed by atoms with E-state index < -0.39 is 0 Å². The minimum Gasteiger partial charge on any atom is -0.378 e. The Bertz CT molecular complexity index is 471. The Labute approximate surface area is 125 Å². The van der Waals surface area contributed by atoms with Crippen molar-refractivity contribution in [2.75, 3.05) is 48.4 Å². The summed E-state index contributed by atoms with van der Waals surface area (Å²) in [4.78, 5) is 15.7. The van der Waals surface area contributed by atoms with Gasteiger partial charge in [0.25, 0.3) is 0 Å². The first kappa shape index (κ1) is 14.3. The standard InChI is InChI=1S/C14H24N6O/c1-3-15-12-17-13(16-11-8-10(2)9-11)19-14(18-12)20-4-6-21-7-5-20/h10-11H,3-9H2,1-2H3,(H2,15,16,17,18,19). The van der Waals surface area contributed by atoms with E-state index in [1.165, 1.54) is 12.8 Å². The second kappa shape index (κ2) is 6.43. The molecule has 1 saturated carbocycles. The smallest absolute Gasteiger partial charge is 0.232 e. The molecule has 1 saturated heterocycles. The molecule has 1 aromatic heterocycles. The molecule has 1 aliphatic heterocycles. The molecule has 3 rings (SSSR count). The summed E-state index contributed by atoms with van der Waals surface area (Å²) in [6, 6.07) is 0.495. The summed E-state index contributed by atoms with van der Waals surface area (Å²) < 4.78 is 5.39. The van der Waals surface area contributed by atoms with Crippen LogP contribution in [-0.4, -0.2) is 53.8 Å². The molecule has 0 radical (unpaired) electrons. The van der Waals surface area contributed by atoms with Crippen LogP contribution < -0.4 is 15.5 Å². The van der Waals surface area contributed by atoms with E-state index in [0.717, 1.165) is 44.7 Å². The molecule has 21 heavy (non-hydrogen) atoms. The fourth-order valence-electron chi connectivity index (χ4n) is 2.77. The predicted molar refractivity (Wildman–Crippen MR) is 82.8 cm³/mol. The summed E-state index contributed by atoms with van der Waals surface area (Å²) in [7, 11) is 0. The third-order valence-corrected chi connectivity index (χ3v) is 3.96. The van der Waals surface area contributed by atoms with Crippen LogP contribution >= 0.6 is 0 Å². The van der Waals surface area contributed by atoms with Gasteiger partial charge in [0, 0.05) is 25.7 Å². The van der Waals surface area contributed by atoms with Crippen molar-refractivity contribution in [2.45, 2.75) is 32.7 Å². The largest absolute Gasteiger partial charge is 0.378 e. The molecule has 2 N–H and O–H groups in total. The van der Waals surface area contributed by atoms with E-state index in [0.29, 0.717) is 17.9 Å². The van der Waals surface area contributed by atoms with E-state index in [1.54, 1.807) is 0 Å². The Morgan fingerprint density at radius 2 is 1.86 bits per heavy atom. The molecule has 1 aliphatic carbocycles. The zero-order valence-electron chi connectivity index (χ0n) is 12.8. The van der Waals surface area contributed by atoms with Crippen molar-refractivity contribution in [2.24, 2.45) is 5.92 Å². The lowest BCUT2D eigenvalue weighted by molar-refractivity contribution is 0.122. The van der Waals surface area contributed by atoms with Gasteiger partial charge in [-0.2, -0.15) is 15.0 Å². The molecule has 0 bridgehead atoms. The van der Waals surface area contributed by atoms with Gasteiger partial charge in [-0.25, -0.2) is 0 Å². The summed E-state index contributed by atoms with van der Waals surface area (Å²) in [6.45, 7) is 8.22. The molecule has 116 valence electrons. The molecule has 0 aromatic carbocycles. The first-order chi connectivity index (χ1) is 10.2. The summed E-state index contributed by atoms with van der Waals surface area (Å²) >= 11 is 0. The van der Waals surface area contributed by atoms with Crippen molar-refractivity contribution in [3.05, 3.63) is 0 Å². The van der Waals surface area contributed by atoms with E-state index in [-0.39, 0.29) is 0 Å². The van der Waals surface area contributed by atoms with Crippen LogP contribution in [0.25, 0.3) is 0 Å². The van der Waals surface area contributed by atoms with Gasteiger partial charge in [-0.3, -0.25) is 0 Å². The summed E-state index contributed by atoms with van der Waals surface area (Å²) in [5.41, 5.74) is 0. The molecule has 0 atom stereocenters. The number of morpholine rings is 1. The van der Waals surface area contributed by atoms with Gasteiger partial charge in [-0.1, -0.05) is 6.92 Å². The molecule has 0 amide bonds. The number of nitrogens with one attached hydrogen (secondary N) is 2. The highest BCUT2D eigenvalue weighted by atomic mass is 16.5. The van der Waals surface area contributed by atoms with Crippen LogP contribution in [0.2, 0.25) is 0 Å². The number of nitrogens with zero attached hydrogens (tertiary/aromatic N) is 4. The predicted octanol–water partition coefficient (Wildman–Crippen LogP) is 1.35. The van der Waals surface area contributed by atoms with Gasteiger partial charge in [0.1, 0.15) is 0 Å². The molecule has 7 nitrogen and oxygen atoms in total. The van der Waals surface area contributed by atoms with Crippen molar-refractivity contribution in [3.63, 3.8) is 0 Å². The van der Waals surface area contributed by atoms with Crippen LogP contribution in [0.3, 0.4) is 0 Å². The van der Waals surface area contributed by atoms with Gasteiger partial charge in [0.2, 0.25) is 17.8 Å². The van der Waals surface area contributed by atoms with Crippen molar-refractivity contribution >= 4 is 17.8 Å². The molecule has 2 heterocycles. The number of ether oxygens (including phenoxy) is 1. The minimum atomic E-state index is 0.495. The van der Waals surface area contributed by atoms with E-state index in [1.807, 2.05) is 6.92 Å². The number of anilines is 3. The maximum Gasteiger partial charge on any atom is 0.232 e. The number of hydrogen-bond donors (Lipinski definition) is 2. The molecule has 7 heteroatoms. The Hall–Kier alpha value is -1.63. The van der Waals surface area contributed by atoms with Crippen molar-refractivity contribution in [3.8, 4) is 0 Å². The first-order valence-electron chi connectivity index (χ1n) is 7.83. The second-order valence-electron chi connectivity index (χ2n) is 5.83. The number of aromatic nitrogens is 3. The molecule has 0 spiro atoms. The Morgan fingerprint density at radius 1 is 1.14 bits per heavy atom. The van der Waals surface area contributed by atoms with Gasteiger partial charge in [0.05, 0.1) is 13.2 Å². The third kappa shape index (κ3) is 3.53. The lowest BCUT2D eigenvalue weighted by Crippen LogP contribution is -2.38. The summed E-state index contributed by atoms with van der Waals surface area (Å²) in [5.74, 6) is 2.86. The molecular formula is C14H24N6O. The lowest BCUT2D eigenvalue weighted by atomic mass is 9.82. The van der Waals surface area contributed by atoms with Crippen molar-refractivity contribution in [1.29, 1.82) is 0 Å².